The summed E-state index contributed by atoms with van der Waals surface area (Å²) in [5.74, 6) is 0. The van der Waals surface area contributed by atoms with Gasteiger partial charge >= 0.3 is 0 Å². The Bertz CT molecular complexity index is 491. The lowest BCUT2D eigenvalue weighted by Crippen LogP contribution is -1.94. The smallest absolute Gasteiger partial charge is 0.150 e. The summed E-state index contributed by atoms with van der Waals surface area (Å²) in [6.07, 6.45) is 1.61. The van der Waals surface area contributed by atoms with Crippen molar-refractivity contribution in [3.8, 4) is 0 Å². The molecule has 0 N–H and O–H groups in total. The van der Waals surface area contributed by atoms with Gasteiger partial charge in [0.15, 0.2) is 0 Å². The second kappa shape index (κ2) is 4.95. The van der Waals surface area contributed by atoms with Crippen LogP contribution in [0.2, 0.25) is 5.02 Å². The van der Waals surface area contributed by atoms with Crippen LogP contribution in [-0.4, -0.2) is 6.29 Å². The molecule has 0 fully saturated rings. The van der Waals surface area contributed by atoms with Crippen LogP contribution in [0.5, 0.6) is 0 Å². The van der Waals surface area contributed by atoms with Crippen molar-refractivity contribution in [2.45, 2.75) is 6.42 Å². The van der Waals surface area contributed by atoms with Crippen LogP contribution < -0.4 is 0 Å². The van der Waals surface area contributed by atoms with Crippen LogP contribution in [-0.2, 0) is 6.42 Å². The Balaban J connectivity index is 2.31. The second-order valence-corrected chi connectivity index (χ2v) is 4.06. The highest BCUT2D eigenvalue weighted by atomic mass is 35.5. The number of halogens is 1. The molecule has 0 saturated heterocycles. The summed E-state index contributed by atoms with van der Waals surface area (Å²) in [4.78, 5) is 10.9. The van der Waals surface area contributed by atoms with Gasteiger partial charge in [0.1, 0.15) is 6.29 Å². The third-order valence-corrected chi connectivity index (χ3v) is 2.71. The van der Waals surface area contributed by atoms with Gasteiger partial charge in [0.25, 0.3) is 0 Å². The molecule has 0 atom stereocenters. The van der Waals surface area contributed by atoms with Gasteiger partial charge in [-0.15, -0.1) is 0 Å². The van der Waals surface area contributed by atoms with E-state index in [2.05, 4.69) is 0 Å². The summed E-state index contributed by atoms with van der Waals surface area (Å²) in [6, 6.07) is 15.5. The van der Waals surface area contributed by atoms with E-state index in [-0.39, 0.29) is 0 Å². The third-order valence-electron chi connectivity index (χ3n) is 2.47. The SMILES string of the molecule is O=Cc1cc(Cl)ccc1C[13c]1[13cH][13cH][13cH][13cH][13cH]1. The van der Waals surface area contributed by atoms with E-state index in [1.165, 1.54) is 5.56 Å². The van der Waals surface area contributed by atoms with Gasteiger partial charge in [-0.2, -0.15) is 0 Å². The molecule has 0 spiro atoms. The van der Waals surface area contributed by atoms with Gasteiger partial charge in [-0.05, 0) is 29.7 Å². The predicted molar refractivity (Wildman–Crippen MR) is 66.1 cm³/mol. The van der Waals surface area contributed by atoms with Gasteiger partial charge < -0.3 is 0 Å². The van der Waals surface area contributed by atoms with E-state index in [4.69, 9.17) is 11.6 Å². The fourth-order valence-corrected chi connectivity index (χ4v) is 1.83. The van der Waals surface area contributed by atoms with Crippen LogP contribution in [0.3, 0.4) is 0 Å². The minimum Gasteiger partial charge on any atom is -0.298 e. The standard InChI is InChI=1S/C14H11ClO/c15-14-7-6-12(13(9-14)10-16)8-11-4-2-1-3-5-11/h1-7,9-10H,8H2/i1+1,2+1,3+1,4+1,5+1,11+1. The van der Waals surface area contributed by atoms with E-state index in [1.54, 1.807) is 6.07 Å². The summed E-state index contributed by atoms with van der Waals surface area (Å²) in [5, 5.41) is 0.596. The number of rotatable bonds is 3. The zero-order chi connectivity index (χ0) is 11.4. The van der Waals surface area contributed by atoms with Gasteiger partial charge in [-0.3, -0.25) is 4.79 Å². The monoisotopic (exact) mass is 236 g/mol. The highest BCUT2D eigenvalue weighted by Crippen LogP contribution is 2.17. The molecule has 0 bridgehead atoms. The first-order valence-corrected chi connectivity index (χ1v) is 5.45. The first-order valence-electron chi connectivity index (χ1n) is 5.07. The van der Waals surface area contributed by atoms with Gasteiger partial charge in [0, 0.05) is 10.6 Å². The predicted octanol–water partition coefficient (Wildman–Crippen LogP) is 3.74. The minimum absolute atomic E-state index is 0.596. The number of carbonyl (C=O) groups excluding carboxylic acids is 1. The quantitative estimate of drug-likeness (QED) is 0.742. The Morgan fingerprint density at radius 2 is 1.81 bits per heavy atom. The maximum absolute atomic E-state index is 10.9. The fourth-order valence-electron chi connectivity index (χ4n) is 1.65. The van der Waals surface area contributed by atoms with E-state index in [0.717, 1.165) is 18.3 Å². The molecule has 0 aliphatic carbocycles. The second-order valence-electron chi connectivity index (χ2n) is 3.62. The number of aldehydes is 1. The Labute approximate surface area is 99.7 Å². The summed E-state index contributed by atoms with van der Waals surface area (Å²) in [6.45, 7) is 0. The fraction of sp³-hybridized carbons (Fsp3) is 0.0714. The number of hydrogen-bond donors (Lipinski definition) is 0. The molecule has 2 heteroatoms. The number of benzene rings is 2. The van der Waals surface area contributed by atoms with Gasteiger partial charge in [0.05, 0.1) is 0 Å². The minimum atomic E-state index is 0.596. The van der Waals surface area contributed by atoms with Crippen molar-refractivity contribution in [2.24, 2.45) is 0 Å². The summed E-state index contributed by atoms with van der Waals surface area (Å²) >= 11 is 5.84. The highest BCUT2D eigenvalue weighted by molar-refractivity contribution is 6.30. The zero-order valence-electron chi connectivity index (χ0n) is 8.69. The van der Waals surface area contributed by atoms with E-state index < -0.39 is 0 Å². The van der Waals surface area contributed by atoms with Crippen LogP contribution in [0.4, 0.5) is 0 Å². The largest absolute Gasteiger partial charge is 0.298 e. The molecule has 0 amide bonds. The average molecular weight is 237 g/mol. The zero-order valence-corrected chi connectivity index (χ0v) is 9.45. The van der Waals surface area contributed by atoms with Crippen molar-refractivity contribution in [2.75, 3.05) is 0 Å². The molecule has 0 unspecified atom stereocenters. The molecule has 0 aliphatic heterocycles. The lowest BCUT2D eigenvalue weighted by Gasteiger charge is -2.05. The van der Waals surface area contributed by atoms with Gasteiger partial charge in [0.2, 0.25) is 0 Å². The lowest BCUT2D eigenvalue weighted by molar-refractivity contribution is 0.112. The maximum atomic E-state index is 10.9. The first kappa shape index (κ1) is 10.9. The number of carbonyl (C=O) groups is 1. The summed E-state index contributed by atoms with van der Waals surface area (Å²) in [5.41, 5.74) is 2.86. The molecule has 16 heavy (non-hydrogen) atoms. The van der Waals surface area contributed by atoms with E-state index in [9.17, 15) is 4.79 Å². The van der Waals surface area contributed by atoms with Crippen LogP contribution >= 0.6 is 11.6 Å². The van der Waals surface area contributed by atoms with Crippen molar-refractivity contribution < 1.29 is 4.79 Å². The molecule has 0 aliphatic rings. The van der Waals surface area contributed by atoms with Crippen molar-refractivity contribution in [3.05, 3.63) is 70.2 Å². The molecule has 2 rings (SSSR count). The maximum Gasteiger partial charge on any atom is 0.150 e. The first-order chi connectivity index (χ1) is 7.79. The highest BCUT2D eigenvalue weighted by Gasteiger charge is 2.03. The van der Waals surface area contributed by atoms with Crippen molar-refractivity contribution in [1.82, 2.24) is 0 Å². The summed E-state index contributed by atoms with van der Waals surface area (Å²) in [7, 11) is 0. The van der Waals surface area contributed by atoms with Crippen molar-refractivity contribution in [3.63, 3.8) is 0 Å². The van der Waals surface area contributed by atoms with E-state index >= 15 is 0 Å². The molecular weight excluding hydrogens is 226 g/mol. The molecule has 0 aromatic heterocycles. The van der Waals surface area contributed by atoms with Crippen molar-refractivity contribution >= 4 is 17.9 Å². The van der Waals surface area contributed by atoms with Crippen LogP contribution in [0.25, 0.3) is 0 Å². The van der Waals surface area contributed by atoms with Gasteiger partial charge in [-0.25, -0.2) is 0 Å². The Hall–Kier alpha value is -1.60. The van der Waals surface area contributed by atoms with Gasteiger partial charge in [-0.1, -0.05) is 48.0 Å². The lowest BCUT2D eigenvalue weighted by atomic mass is 10.1. The van der Waals surface area contributed by atoms with Crippen molar-refractivity contribution in [1.29, 1.82) is 0 Å². The molecule has 1 nitrogen and oxygen atoms in total. The Morgan fingerprint density at radius 1 is 1.06 bits per heavy atom. The molecule has 0 saturated carbocycles. The summed E-state index contributed by atoms with van der Waals surface area (Å²) < 4.78 is 0. The topological polar surface area (TPSA) is 17.1 Å². The Kier molecular flexibility index (Phi) is 3.37. The van der Waals surface area contributed by atoms with Crippen LogP contribution in [0.1, 0.15) is 21.5 Å². The molecule has 2 aromatic rings. The molecular formula is C14H11ClO. The van der Waals surface area contributed by atoms with Crippen LogP contribution in [0, 0.1) is 0 Å². The van der Waals surface area contributed by atoms with E-state index in [1.807, 2.05) is 42.5 Å². The molecule has 0 heterocycles. The molecule has 0 radical (unpaired) electrons. The number of hydrogen-bond acceptors (Lipinski definition) is 1. The normalized spacial score (nSPS) is 10.1. The molecule has 2 aromatic carbocycles. The van der Waals surface area contributed by atoms with E-state index in [0.29, 0.717) is 10.6 Å². The third kappa shape index (κ3) is 2.50. The molecule has 80 valence electrons. The van der Waals surface area contributed by atoms with Crippen LogP contribution in [0.15, 0.2) is 48.5 Å². The Morgan fingerprint density at radius 3 is 2.50 bits per heavy atom. The average Bonchev–Trinajstić information content (AvgIpc) is 2.33.